The lowest BCUT2D eigenvalue weighted by atomic mass is 9.77. The number of alkyl halides is 1. The first-order chi connectivity index (χ1) is 9.39. The molecule has 0 spiro atoms. The molecule has 1 atom stereocenters. The van der Waals surface area contributed by atoms with Crippen LogP contribution in [0.4, 0.5) is 4.39 Å². The second-order valence-corrected chi connectivity index (χ2v) is 6.59. The van der Waals surface area contributed by atoms with Crippen LogP contribution in [-0.2, 0) is 12.8 Å². The van der Waals surface area contributed by atoms with Gasteiger partial charge in [-0.1, -0.05) is 25.2 Å². The van der Waals surface area contributed by atoms with Gasteiger partial charge in [-0.15, -0.1) is 0 Å². The van der Waals surface area contributed by atoms with Crippen molar-refractivity contribution in [3.63, 3.8) is 0 Å². The minimum Gasteiger partial charge on any atom is -0.476 e. The monoisotopic (exact) mass is 294 g/mol. The number of pyridine rings is 1. The number of hydrogen-bond donors (Lipinski definition) is 1. The third-order valence-electron chi connectivity index (χ3n) is 4.03. The van der Waals surface area contributed by atoms with E-state index in [4.69, 9.17) is 5.11 Å². The molecule has 0 amide bonds. The first-order valence-electron chi connectivity index (χ1n) is 6.60. The van der Waals surface area contributed by atoms with Gasteiger partial charge in [0.25, 0.3) is 0 Å². The molecule has 0 unspecified atom stereocenters. The number of carbonyl (C=O) groups is 1. The van der Waals surface area contributed by atoms with Crippen LogP contribution in [0.1, 0.15) is 41.3 Å². The van der Waals surface area contributed by atoms with E-state index in [0.717, 1.165) is 22.6 Å². The molecule has 1 aliphatic rings. The number of aromatic nitrogens is 2. The van der Waals surface area contributed by atoms with E-state index in [1.165, 1.54) is 0 Å². The van der Waals surface area contributed by atoms with Gasteiger partial charge in [-0.3, -0.25) is 0 Å². The van der Waals surface area contributed by atoms with Crippen LogP contribution in [0, 0.1) is 5.92 Å². The Morgan fingerprint density at radius 2 is 2.25 bits per heavy atom. The summed E-state index contributed by atoms with van der Waals surface area (Å²) in [5, 5.41) is 9.00. The molecule has 2 aromatic heterocycles. The van der Waals surface area contributed by atoms with Crippen LogP contribution < -0.4 is 0 Å². The van der Waals surface area contributed by atoms with Gasteiger partial charge in [0, 0.05) is 12.1 Å². The lowest BCUT2D eigenvalue weighted by Gasteiger charge is -2.33. The van der Waals surface area contributed by atoms with Gasteiger partial charge < -0.3 is 5.11 Å². The second kappa shape index (κ2) is 4.48. The fourth-order valence-corrected chi connectivity index (χ4v) is 3.41. The summed E-state index contributed by atoms with van der Waals surface area (Å²) in [5.74, 6) is -1.09. The molecule has 2 aromatic rings. The van der Waals surface area contributed by atoms with Crippen LogP contribution in [0.2, 0.25) is 0 Å². The van der Waals surface area contributed by atoms with Gasteiger partial charge in [-0.25, -0.2) is 19.2 Å². The number of aromatic carboxylic acids is 1. The fourth-order valence-electron chi connectivity index (χ4n) is 2.63. The number of nitrogens with zero attached hydrogens (tertiary/aromatic N) is 2. The van der Waals surface area contributed by atoms with E-state index < -0.39 is 11.6 Å². The molecule has 0 saturated heterocycles. The van der Waals surface area contributed by atoms with Crippen molar-refractivity contribution in [3.8, 4) is 0 Å². The minimum atomic E-state index is -1.20. The molecule has 0 bridgehead atoms. The summed E-state index contributed by atoms with van der Waals surface area (Å²) in [6.07, 6.45) is 1.41. The molecule has 1 aliphatic carbocycles. The summed E-state index contributed by atoms with van der Waals surface area (Å²) in [6.45, 7) is 3.78. The van der Waals surface area contributed by atoms with Gasteiger partial charge in [0.15, 0.2) is 0 Å². The predicted molar refractivity (Wildman–Crippen MR) is 75.1 cm³/mol. The Balaban J connectivity index is 2.06. The van der Waals surface area contributed by atoms with Crippen molar-refractivity contribution < 1.29 is 14.3 Å². The smallest absolute Gasteiger partial charge is 0.365 e. The standard InChI is InChI=1S/C14H15FN2O2S/c1-7(2)14(15)4-3-9-8(6-14)5-10-11(16-9)20-12(17-10)13(18)19/h5,7H,3-4,6H2,1-2H3,(H,18,19)/t14-/m0/s1. The molecule has 0 aliphatic heterocycles. The molecule has 4 nitrogen and oxygen atoms in total. The lowest BCUT2D eigenvalue weighted by Crippen LogP contribution is -2.36. The summed E-state index contributed by atoms with van der Waals surface area (Å²) in [5.41, 5.74) is 1.10. The predicted octanol–water partition coefficient (Wildman–Crippen LogP) is 3.24. The molecule has 0 fully saturated rings. The second-order valence-electron chi connectivity index (χ2n) is 5.61. The lowest BCUT2D eigenvalue weighted by molar-refractivity contribution is 0.0696. The fraction of sp³-hybridized carbons (Fsp3) is 0.500. The first-order valence-corrected chi connectivity index (χ1v) is 7.42. The average Bonchev–Trinajstić information content (AvgIpc) is 2.78. The summed E-state index contributed by atoms with van der Waals surface area (Å²) in [7, 11) is 0. The van der Waals surface area contributed by atoms with E-state index in [-0.39, 0.29) is 10.9 Å². The molecule has 0 radical (unpaired) electrons. The molecule has 1 N–H and O–H groups in total. The highest BCUT2D eigenvalue weighted by molar-refractivity contribution is 7.19. The van der Waals surface area contributed by atoms with E-state index in [9.17, 15) is 9.18 Å². The van der Waals surface area contributed by atoms with E-state index in [1.807, 2.05) is 13.8 Å². The highest BCUT2D eigenvalue weighted by Gasteiger charge is 2.38. The Morgan fingerprint density at radius 3 is 2.90 bits per heavy atom. The highest BCUT2D eigenvalue weighted by Crippen LogP contribution is 2.38. The maximum absolute atomic E-state index is 14.8. The van der Waals surface area contributed by atoms with Crippen molar-refractivity contribution in [1.82, 2.24) is 9.97 Å². The van der Waals surface area contributed by atoms with Crippen molar-refractivity contribution in [1.29, 1.82) is 0 Å². The van der Waals surface area contributed by atoms with Crippen LogP contribution in [0.15, 0.2) is 6.07 Å². The maximum Gasteiger partial charge on any atom is 0.365 e. The number of carboxylic acids is 1. The third kappa shape index (κ3) is 2.08. The number of hydrogen-bond acceptors (Lipinski definition) is 4. The van der Waals surface area contributed by atoms with Crippen LogP contribution in [0.25, 0.3) is 10.3 Å². The van der Waals surface area contributed by atoms with Crippen LogP contribution >= 0.6 is 11.3 Å². The Kier molecular flexibility index (Phi) is 3.01. The summed E-state index contributed by atoms with van der Waals surface area (Å²) >= 11 is 1.07. The Morgan fingerprint density at radius 1 is 1.50 bits per heavy atom. The number of carboxylic acid groups (broad SMARTS) is 1. The van der Waals surface area contributed by atoms with Crippen molar-refractivity contribution >= 4 is 27.7 Å². The van der Waals surface area contributed by atoms with Crippen LogP contribution in [0.3, 0.4) is 0 Å². The summed E-state index contributed by atoms with van der Waals surface area (Å²) in [4.78, 5) is 20.1. The first kappa shape index (κ1) is 13.4. The number of halogens is 1. The van der Waals surface area contributed by atoms with E-state index in [0.29, 0.717) is 29.6 Å². The van der Waals surface area contributed by atoms with Crippen molar-refractivity contribution in [2.24, 2.45) is 5.92 Å². The van der Waals surface area contributed by atoms with E-state index in [1.54, 1.807) is 6.07 Å². The zero-order valence-corrected chi connectivity index (χ0v) is 12.1. The minimum absolute atomic E-state index is 0.0326. The number of aryl methyl sites for hydroxylation is 1. The van der Waals surface area contributed by atoms with Gasteiger partial charge in [0.2, 0.25) is 5.01 Å². The molecule has 106 valence electrons. The Bertz CT molecular complexity index is 698. The molecule has 0 aromatic carbocycles. The van der Waals surface area contributed by atoms with Gasteiger partial charge in [-0.2, -0.15) is 0 Å². The Hall–Kier alpha value is -1.56. The topological polar surface area (TPSA) is 63.1 Å². The molecular formula is C14H15FN2O2S. The zero-order valence-electron chi connectivity index (χ0n) is 11.3. The largest absolute Gasteiger partial charge is 0.476 e. The van der Waals surface area contributed by atoms with Crippen LogP contribution in [0.5, 0.6) is 0 Å². The molecule has 2 heterocycles. The maximum atomic E-state index is 14.8. The zero-order chi connectivity index (χ0) is 14.5. The average molecular weight is 294 g/mol. The van der Waals surface area contributed by atoms with Crippen molar-refractivity contribution in [2.45, 2.75) is 38.8 Å². The number of thiazole rings is 1. The van der Waals surface area contributed by atoms with Gasteiger partial charge in [0.1, 0.15) is 16.0 Å². The number of rotatable bonds is 2. The third-order valence-corrected chi connectivity index (χ3v) is 4.99. The molecule has 20 heavy (non-hydrogen) atoms. The van der Waals surface area contributed by atoms with Crippen molar-refractivity contribution in [3.05, 3.63) is 22.3 Å². The SMILES string of the molecule is CC(C)[C@]1(F)CCc2nc3sc(C(=O)O)nc3cc2C1. The summed E-state index contributed by atoms with van der Waals surface area (Å²) < 4.78 is 14.8. The van der Waals surface area contributed by atoms with Gasteiger partial charge in [0.05, 0.1) is 0 Å². The quantitative estimate of drug-likeness (QED) is 0.923. The molecule has 3 rings (SSSR count). The van der Waals surface area contributed by atoms with Gasteiger partial charge in [-0.05, 0) is 30.4 Å². The number of fused-ring (bicyclic) bond motifs is 2. The molecule has 0 saturated carbocycles. The van der Waals surface area contributed by atoms with Crippen LogP contribution in [-0.4, -0.2) is 26.7 Å². The van der Waals surface area contributed by atoms with Gasteiger partial charge >= 0.3 is 5.97 Å². The van der Waals surface area contributed by atoms with Crippen molar-refractivity contribution in [2.75, 3.05) is 0 Å². The Labute approximate surface area is 119 Å². The normalized spacial score (nSPS) is 22.2. The molecular weight excluding hydrogens is 279 g/mol. The van der Waals surface area contributed by atoms with E-state index in [2.05, 4.69) is 9.97 Å². The summed E-state index contributed by atoms with van der Waals surface area (Å²) in [6, 6.07) is 1.80. The van der Waals surface area contributed by atoms with E-state index >= 15 is 0 Å². The molecule has 6 heteroatoms. The highest BCUT2D eigenvalue weighted by atomic mass is 32.1.